The Hall–Kier alpha value is -0.0400. The van der Waals surface area contributed by atoms with E-state index < -0.39 is 0 Å². The van der Waals surface area contributed by atoms with Gasteiger partial charge in [0, 0.05) is 0 Å². The van der Waals surface area contributed by atoms with E-state index in [0.717, 1.165) is 19.4 Å². The van der Waals surface area contributed by atoms with Crippen molar-refractivity contribution < 1.29 is 4.74 Å². The minimum absolute atomic E-state index is 0.277. The van der Waals surface area contributed by atoms with Gasteiger partial charge < -0.3 is 4.74 Å². The molecule has 1 heteroatoms. The van der Waals surface area contributed by atoms with Crippen LogP contribution in [-0.4, -0.2) is 12.7 Å². The molecule has 0 rings (SSSR count). The van der Waals surface area contributed by atoms with Gasteiger partial charge in [0.25, 0.3) is 0 Å². The van der Waals surface area contributed by atoms with Crippen LogP contribution in [0.5, 0.6) is 0 Å². The van der Waals surface area contributed by atoms with Crippen LogP contribution in [-0.2, 0) is 4.74 Å². The van der Waals surface area contributed by atoms with Crippen molar-refractivity contribution in [3.8, 4) is 0 Å². The molecule has 0 aromatic rings. The number of rotatable bonds is 6. The molecule has 0 fully saturated rings. The van der Waals surface area contributed by atoms with Gasteiger partial charge in [-0.1, -0.05) is 47.5 Å². The lowest BCUT2D eigenvalue weighted by atomic mass is 9.98. The van der Waals surface area contributed by atoms with E-state index in [2.05, 4.69) is 34.6 Å². The van der Waals surface area contributed by atoms with Gasteiger partial charge in [0.15, 0.2) is 0 Å². The van der Waals surface area contributed by atoms with Gasteiger partial charge in [-0.3, -0.25) is 0 Å². The zero-order valence-electron chi connectivity index (χ0n) is 9.73. The van der Waals surface area contributed by atoms with Gasteiger partial charge in [-0.2, -0.15) is 0 Å². The highest BCUT2D eigenvalue weighted by Gasteiger charge is 2.13. The molecule has 0 aromatic heterocycles. The molecule has 0 spiro atoms. The van der Waals surface area contributed by atoms with E-state index in [4.69, 9.17) is 4.74 Å². The zero-order chi connectivity index (χ0) is 10.3. The first-order valence-electron chi connectivity index (χ1n) is 5.40. The topological polar surface area (TPSA) is 9.23 Å². The molecule has 1 unspecified atom stereocenters. The fourth-order valence-corrected chi connectivity index (χ4v) is 1.11. The Morgan fingerprint density at radius 1 is 1.31 bits per heavy atom. The Kier molecular flexibility index (Phi) is 6.40. The Morgan fingerprint density at radius 3 is 2.31 bits per heavy atom. The Labute approximate surface area is 83.9 Å². The maximum atomic E-state index is 5.80. The molecule has 0 aliphatic carbocycles. The van der Waals surface area contributed by atoms with E-state index in [9.17, 15) is 0 Å². The van der Waals surface area contributed by atoms with Gasteiger partial charge in [-0.15, -0.1) is 0 Å². The van der Waals surface area contributed by atoms with E-state index in [-0.39, 0.29) is 5.41 Å². The highest BCUT2D eigenvalue weighted by molar-refractivity contribution is 4.64. The Balaban J connectivity index is 3.59. The predicted molar refractivity (Wildman–Crippen MR) is 58.7 cm³/mol. The lowest BCUT2D eigenvalue weighted by Gasteiger charge is -2.23. The van der Waals surface area contributed by atoms with E-state index in [1.165, 1.54) is 12.8 Å². The summed E-state index contributed by atoms with van der Waals surface area (Å²) >= 11 is 0. The SMILES string of the molecule is [CH2]CC(CCCC)OCC(C)(C)C. The molecule has 0 bridgehead atoms. The van der Waals surface area contributed by atoms with Crippen molar-refractivity contribution in [3.05, 3.63) is 6.92 Å². The number of unbranched alkanes of at least 4 members (excludes halogenated alkanes) is 1. The van der Waals surface area contributed by atoms with Gasteiger partial charge in [0.1, 0.15) is 0 Å². The highest BCUT2D eigenvalue weighted by atomic mass is 16.5. The van der Waals surface area contributed by atoms with E-state index in [1.807, 2.05) is 0 Å². The molecule has 79 valence electrons. The molecule has 0 saturated heterocycles. The number of ether oxygens (including phenoxy) is 1. The quantitative estimate of drug-likeness (QED) is 0.611. The van der Waals surface area contributed by atoms with Crippen molar-refractivity contribution in [3.63, 3.8) is 0 Å². The average molecular weight is 185 g/mol. The van der Waals surface area contributed by atoms with Crippen LogP contribution in [0.2, 0.25) is 0 Å². The van der Waals surface area contributed by atoms with Crippen molar-refractivity contribution in [2.45, 2.75) is 59.5 Å². The lowest BCUT2D eigenvalue weighted by molar-refractivity contribution is 0.00475. The van der Waals surface area contributed by atoms with Crippen molar-refractivity contribution >= 4 is 0 Å². The molecule has 0 saturated carbocycles. The second-order valence-electron chi connectivity index (χ2n) is 4.92. The Morgan fingerprint density at radius 2 is 1.92 bits per heavy atom. The first-order valence-corrected chi connectivity index (χ1v) is 5.40. The molecule has 0 aliphatic rings. The van der Waals surface area contributed by atoms with E-state index in [0.29, 0.717) is 6.10 Å². The van der Waals surface area contributed by atoms with Crippen molar-refractivity contribution in [2.24, 2.45) is 5.41 Å². The predicted octanol–water partition coefficient (Wildman–Crippen LogP) is 3.83. The zero-order valence-corrected chi connectivity index (χ0v) is 9.73. The van der Waals surface area contributed by atoms with E-state index >= 15 is 0 Å². The summed E-state index contributed by atoms with van der Waals surface area (Å²) < 4.78 is 5.80. The van der Waals surface area contributed by atoms with Gasteiger partial charge in [-0.25, -0.2) is 0 Å². The third-order valence-electron chi connectivity index (χ3n) is 1.95. The van der Waals surface area contributed by atoms with Crippen LogP contribution in [0.15, 0.2) is 0 Å². The molecule has 0 aliphatic heterocycles. The van der Waals surface area contributed by atoms with Gasteiger partial charge >= 0.3 is 0 Å². The van der Waals surface area contributed by atoms with Crippen molar-refractivity contribution in [2.75, 3.05) is 6.61 Å². The summed E-state index contributed by atoms with van der Waals surface area (Å²) in [6.07, 6.45) is 4.94. The first kappa shape index (κ1) is 13.0. The van der Waals surface area contributed by atoms with Crippen LogP contribution in [0.4, 0.5) is 0 Å². The molecule has 1 atom stereocenters. The van der Waals surface area contributed by atoms with Crippen LogP contribution < -0.4 is 0 Å². The second kappa shape index (κ2) is 6.42. The number of hydrogen-bond acceptors (Lipinski definition) is 1. The summed E-state index contributed by atoms with van der Waals surface area (Å²) in [4.78, 5) is 0. The van der Waals surface area contributed by atoms with Crippen LogP contribution in [0.25, 0.3) is 0 Å². The highest BCUT2D eigenvalue weighted by Crippen LogP contribution is 2.17. The minimum atomic E-state index is 0.277. The summed E-state index contributed by atoms with van der Waals surface area (Å²) in [6.45, 7) is 13.6. The largest absolute Gasteiger partial charge is 0.378 e. The van der Waals surface area contributed by atoms with Crippen LogP contribution in [0, 0.1) is 12.3 Å². The fraction of sp³-hybridized carbons (Fsp3) is 0.917. The van der Waals surface area contributed by atoms with Crippen LogP contribution in [0.3, 0.4) is 0 Å². The molecule has 1 radical (unpaired) electrons. The second-order valence-corrected chi connectivity index (χ2v) is 4.92. The monoisotopic (exact) mass is 185 g/mol. The molecule has 1 nitrogen and oxygen atoms in total. The normalized spacial score (nSPS) is 14.5. The molecule has 13 heavy (non-hydrogen) atoms. The summed E-state index contributed by atoms with van der Waals surface area (Å²) in [7, 11) is 0. The molecule has 0 amide bonds. The van der Waals surface area contributed by atoms with Crippen LogP contribution >= 0.6 is 0 Å². The Bertz CT molecular complexity index is 113. The molecular weight excluding hydrogens is 160 g/mol. The number of hydrogen-bond donors (Lipinski definition) is 0. The fourth-order valence-electron chi connectivity index (χ4n) is 1.11. The van der Waals surface area contributed by atoms with Gasteiger partial charge in [0.05, 0.1) is 12.7 Å². The third-order valence-corrected chi connectivity index (χ3v) is 1.95. The molecule has 0 heterocycles. The molecule has 0 N–H and O–H groups in total. The van der Waals surface area contributed by atoms with Crippen LogP contribution in [0.1, 0.15) is 53.4 Å². The maximum Gasteiger partial charge on any atom is 0.0575 e. The maximum absolute atomic E-state index is 5.80. The third kappa shape index (κ3) is 8.29. The standard InChI is InChI=1S/C12H25O/c1-6-8-9-11(7-2)13-10-12(3,4)5/h11H,2,6-10H2,1,3-5H3. The summed E-state index contributed by atoms with van der Waals surface area (Å²) in [5.41, 5.74) is 0.277. The smallest absolute Gasteiger partial charge is 0.0575 e. The van der Waals surface area contributed by atoms with E-state index in [1.54, 1.807) is 0 Å². The molecule has 0 aromatic carbocycles. The summed E-state index contributed by atoms with van der Waals surface area (Å²) in [5, 5.41) is 0. The lowest BCUT2D eigenvalue weighted by Crippen LogP contribution is -2.21. The summed E-state index contributed by atoms with van der Waals surface area (Å²) in [5.74, 6) is 0. The average Bonchev–Trinajstić information content (AvgIpc) is 2.03. The first-order chi connectivity index (χ1) is 5.99. The van der Waals surface area contributed by atoms with Gasteiger partial charge in [0.2, 0.25) is 0 Å². The van der Waals surface area contributed by atoms with Crippen molar-refractivity contribution in [1.82, 2.24) is 0 Å². The van der Waals surface area contributed by atoms with Gasteiger partial charge in [-0.05, 0) is 18.3 Å². The summed E-state index contributed by atoms with van der Waals surface area (Å²) in [6, 6.07) is 0. The molecular formula is C12H25O. The minimum Gasteiger partial charge on any atom is -0.378 e. The van der Waals surface area contributed by atoms with Crippen molar-refractivity contribution in [1.29, 1.82) is 0 Å².